The highest BCUT2D eigenvalue weighted by Gasteiger charge is 2.17. The first kappa shape index (κ1) is 8.51. The summed E-state index contributed by atoms with van der Waals surface area (Å²) in [7, 11) is 0. The van der Waals surface area contributed by atoms with Crippen molar-refractivity contribution in [3.8, 4) is 6.07 Å². The molecular formula is C8H15N3. The molecule has 0 aromatic rings. The third kappa shape index (κ3) is 2.49. The molecule has 0 unspecified atom stereocenters. The second-order valence-electron chi connectivity index (χ2n) is 2.90. The minimum atomic E-state index is 0.296. The second kappa shape index (κ2) is 4.32. The van der Waals surface area contributed by atoms with Crippen LogP contribution in [0.5, 0.6) is 0 Å². The lowest BCUT2D eigenvalue weighted by Gasteiger charge is -2.28. The monoisotopic (exact) mass is 153 g/mol. The molecule has 11 heavy (non-hydrogen) atoms. The fraction of sp³-hybridized carbons (Fsp3) is 0.875. The van der Waals surface area contributed by atoms with Crippen LogP contribution >= 0.6 is 0 Å². The van der Waals surface area contributed by atoms with E-state index in [0.717, 1.165) is 32.5 Å². The van der Waals surface area contributed by atoms with Crippen molar-refractivity contribution in [1.82, 2.24) is 10.4 Å². The summed E-state index contributed by atoms with van der Waals surface area (Å²) in [5.41, 5.74) is 3.25. The van der Waals surface area contributed by atoms with Crippen LogP contribution in [0.3, 0.4) is 0 Å². The smallest absolute Gasteiger partial charge is 0.0656 e. The minimum Gasteiger partial charge on any atom is -0.255 e. The van der Waals surface area contributed by atoms with Crippen LogP contribution in [-0.2, 0) is 0 Å². The van der Waals surface area contributed by atoms with Crippen molar-refractivity contribution in [3.63, 3.8) is 0 Å². The molecule has 0 atom stereocenters. The van der Waals surface area contributed by atoms with Gasteiger partial charge in [-0.25, -0.2) is 5.01 Å². The number of nitrogens with one attached hydrogen (secondary N) is 1. The Morgan fingerprint density at radius 1 is 1.55 bits per heavy atom. The van der Waals surface area contributed by atoms with Gasteiger partial charge in [-0.1, -0.05) is 6.92 Å². The molecule has 1 rings (SSSR count). The van der Waals surface area contributed by atoms with Gasteiger partial charge in [0, 0.05) is 25.6 Å². The number of hydrazine groups is 1. The van der Waals surface area contributed by atoms with Crippen molar-refractivity contribution >= 4 is 0 Å². The van der Waals surface area contributed by atoms with E-state index >= 15 is 0 Å². The molecule has 1 aliphatic rings. The van der Waals surface area contributed by atoms with Gasteiger partial charge in [0.2, 0.25) is 0 Å². The summed E-state index contributed by atoms with van der Waals surface area (Å²) in [4.78, 5) is 0. The van der Waals surface area contributed by atoms with E-state index in [1.54, 1.807) is 0 Å². The molecule has 1 aliphatic heterocycles. The van der Waals surface area contributed by atoms with Gasteiger partial charge in [-0.05, 0) is 12.8 Å². The number of piperidine rings is 1. The van der Waals surface area contributed by atoms with Crippen molar-refractivity contribution in [2.24, 2.45) is 5.92 Å². The average molecular weight is 153 g/mol. The Balaban J connectivity index is 2.20. The molecule has 1 saturated heterocycles. The van der Waals surface area contributed by atoms with Crippen molar-refractivity contribution in [2.45, 2.75) is 19.8 Å². The molecule has 1 fully saturated rings. The molecule has 3 nitrogen and oxygen atoms in total. The fourth-order valence-corrected chi connectivity index (χ4v) is 1.39. The summed E-state index contributed by atoms with van der Waals surface area (Å²) >= 11 is 0. The van der Waals surface area contributed by atoms with E-state index in [2.05, 4.69) is 23.4 Å². The zero-order chi connectivity index (χ0) is 8.10. The van der Waals surface area contributed by atoms with Crippen molar-refractivity contribution < 1.29 is 0 Å². The topological polar surface area (TPSA) is 39.1 Å². The van der Waals surface area contributed by atoms with E-state index in [4.69, 9.17) is 5.26 Å². The Bertz CT molecular complexity index is 142. The highest BCUT2D eigenvalue weighted by molar-refractivity contribution is 4.86. The van der Waals surface area contributed by atoms with Crippen LogP contribution in [0.1, 0.15) is 19.8 Å². The maximum absolute atomic E-state index is 8.62. The molecule has 0 bridgehead atoms. The van der Waals surface area contributed by atoms with E-state index in [9.17, 15) is 0 Å². The second-order valence-corrected chi connectivity index (χ2v) is 2.90. The molecule has 0 aromatic carbocycles. The Kier molecular flexibility index (Phi) is 3.34. The van der Waals surface area contributed by atoms with Crippen LogP contribution < -0.4 is 5.43 Å². The zero-order valence-electron chi connectivity index (χ0n) is 7.01. The average Bonchev–Trinajstić information content (AvgIpc) is 2.07. The molecule has 0 spiro atoms. The number of hydrogen-bond donors (Lipinski definition) is 1. The van der Waals surface area contributed by atoms with E-state index in [-0.39, 0.29) is 0 Å². The predicted molar refractivity (Wildman–Crippen MR) is 43.6 cm³/mol. The lowest BCUT2D eigenvalue weighted by molar-refractivity contribution is 0.142. The van der Waals surface area contributed by atoms with E-state index < -0.39 is 0 Å². The lowest BCUT2D eigenvalue weighted by Crippen LogP contribution is -2.43. The first-order chi connectivity index (χ1) is 5.36. The number of rotatable bonds is 2. The van der Waals surface area contributed by atoms with E-state index in [1.165, 1.54) is 0 Å². The van der Waals surface area contributed by atoms with Crippen LogP contribution in [0, 0.1) is 17.2 Å². The van der Waals surface area contributed by atoms with Gasteiger partial charge >= 0.3 is 0 Å². The molecule has 0 saturated carbocycles. The summed E-state index contributed by atoms with van der Waals surface area (Å²) < 4.78 is 0. The minimum absolute atomic E-state index is 0.296. The molecule has 3 heteroatoms. The van der Waals surface area contributed by atoms with Gasteiger partial charge in [-0.15, -0.1) is 0 Å². The third-order valence-electron chi connectivity index (χ3n) is 2.06. The van der Waals surface area contributed by atoms with Crippen LogP contribution in [0.15, 0.2) is 0 Å². The van der Waals surface area contributed by atoms with Gasteiger partial charge < -0.3 is 0 Å². The Morgan fingerprint density at radius 3 is 2.64 bits per heavy atom. The highest BCUT2D eigenvalue weighted by Crippen LogP contribution is 2.13. The van der Waals surface area contributed by atoms with Gasteiger partial charge in [-0.3, -0.25) is 5.43 Å². The van der Waals surface area contributed by atoms with E-state index in [0.29, 0.717) is 5.92 Å². The van der Waals surface area contributed by atoms with Crippen LogP contribution in [0.25, 0.3) is 0 Å². The Morgan fingerprint density at radius 2 is 2.18 bits per heavy atom. The fourth-order valence-electron chi connectivity index (χ4n) is 1.39. The van der Waals surface area contributed by atoms with Gasteiger partial charge in [0.05, 0.1) is 6.07 Å². The summed E-state index contributed by atoms with van der Waals surface area (Å²) in [5, 5.41) is 10.8. The largest absolute Gasteiger partial charge is 0.255 e. The first-order valence-corrected chi connectivity index (χ1v) is 4.25. The van der Waals surface area contributed by atoms with E-state index in [1.807, 2.05) is 0 Å². The zero-order valence-corrected chi connectivity index (χ0v) is 7.01. The summed E-state index contributed by atoms with van der Waals surface area (Å²) in [5.74, 6) is 0.296. The lowest BCUT2D eigenvalue weighted by atomic mass is 10.00. The number of nitrogens with zero attached hydrogens (tertiary/aromatic N) is 2. The molecule has 1 N–H and O–H groups in total. The molecule has 0 aromatic heterocycles. The number of hydrogen-bond acceptors (Lipinski definition) is 3. The van der Waals surface area contributed by atoms with Crippen LogP contribution in [0.4, 0.5) is 0 Å². The maximum atomic E-state index is 8.62. The molecule has 0 amide bonds. The molecule has 62 valence electrons. The summed E-state index contributed by atoms with van der Waals surface area (Å²) in [6, 6.07) is 2.31. The SMILES string of the molecule is CCNN1CCC(C#N)CC1. The van der Waals surface area contributed by atoms with Crippen molar-refractivity contribution in [3.05, 3.63) is 0 Å². The van der Waals surface area contributed by atoms with Crippen LogP contribution in [-0.4, -0.2) is 24.6 Å². The first-order valence-electron chi connectivity index (χ1n) is 4.25. The standard InChI is InChI=1S/C8H15N3/c1-2-10-11-5-3-8(7-9)4-6-11/h8,10H,2-6H2,1H3. The maximum Gasteiger partial charge on any atom is 0.0656 e. The molecule has 1 heterocycles. The summed E-state index contributed by atoms with van der Waals surface area (Å²) in [6.07, 6.45) is 2.03. The third-order valence-corrected chi connectivity index (χ3v) is 2.06. The van der Waals surface area contributed by atoms with Gasteiger partial charge in [-0.2, -0.15) is 5.26 Å². The number of nitriles is 1. The van der Waals surface area contributed by atoms with Gasteiger partial charge in [0.1, 0.15) is 0 Å². The Labute approximate surface area is 68.0 Å². The summed E-state index contributed by atoms with van der Waals surface area (Å²) in [6.45, 7) is 5.12. The van der Waals surface area contributed by atoms with Crippen molar-refractivity contribution in [1.29, 1.82) is 5.26 Å². The molecule has 0 aliphatic carbocycles. The molecule has 0 radical (unpaired) electrons. The predicted octanol–water partition coefficient (Wildman–Crippen LogP) is 0.746. The highest BCUT2D eigenvalue weighted by atomic mass is 15.5. The quantitative estimate of drug-likeness (QED) is 0.636. The van der Waals surface area contributed by atoms with Crippen molar-refractivity contribution in [2.75, 3.05) is 19.6 Å². The van der Waals surface area contributed by atoms with Gasteiger partial charge in [0.15, 0.2) is 0 Å². The normalized spacial score (nSPS) is 21.5. The molecular weight excluding hydrogens is 138 g/mol. The Hall–Kier alpha value is -0.590. The van der Waals surface area contributed by atoms with Gasteiger partial charge in [0.25, 0.3) is 0 Å². The van der Waals surface area contributed by atoms with Crippen LogP contribution in [0.2, 0.25) is 0 Å².